The Morgan fingerprint density at radius 1 is 1.24 bits per heavy atom. The van der Waals surface area contributed by atoms with E-state index in [1.165, 1.54) is 0 Å². The molecule has 3 N–H and O–H groups in total. The van der Waals surface area contributed by atoms with E-state index < -0.39 is 0 Å². The molecule has 90 valence electrons. The highest BCUT2D eigenvalue weighted by Gasteiger charge is 2.31. The summed E-state index contributed by atoms with van der Waals surface area (Å²) in [5.74, 6) is 0.503. The lowest BCUT2D eigenvalue weighted by molar-refractivity contribution is 0.417. The maximum Gasteiger partial charge on any atom is 0.0617 e. The first-order chi connectivity index (χ1) is 8.12. The Balaban J connectivity index is 2.23. The predicted octanol–water partition coefficient (Wildman–Crippen LogP) is 3.30. The highest BCUT2D eigenvalue weighted by atomic mass is 15.0. The summed E-state index contributed by atoms with van der Waals surface area (Å²) in [6, 6.07) is 10.3. The van der Waals surface area contributed by atoms with E-state index in [0.29, 0.717) is 5.92 Å². The van der Waals surface area contributed by atoms with E-state index >= 15 is 0 Å². The van der Waals surface area contributed by atoms with Crippen molar-refractivity contribution in [2.24, 2.45) is 11.7 Å². The average molecular weight is 228 g/mol. The van der Waals surface area contributed by atoms with Gasteiger partial charge in [-0.05, 0) is 30.5 Å². The number of nitrogens with one attached hydrogen (secondary N) is 1. The van der Waals surface area contributed by atoms with Crippen molar-refractivity contribution in [1.82, 2.24) is 0 Å². The third kappa shape index (κ3) is 2.52. The van der Waals surface area contributed by atoms with Crippen LogP contribution in [0.5, 0.6) is 0 Å². The van der Waals surface area contributed by atoms with Gasteiger partial charge >= 0.3 is 0 Å². The Hall–Kier alpha value is -1.70. The SMILES string of the molecule is CC(C)C1(Nc2ccccc2)C=CC(N)=CC1. The van der Waals surface area contributed by atoms with Crippen LogP contribution in [0, 0.1) is 5.92 Å². The summed E-state index contributed by atoms with van der Waals surface area (Å²) in [7, 11) is 0. The zero-order valence-electron chi connectivity index (χ0n) is 10.5. The third-order valence-corrected chi connectivity index (χ3v) is 3.43. The molecule has 1 unspecified atom stereocenters. The second kappa shape index (κ2) is 4.66. The minimum atomic E-state index is -0.0236. The highest BCUT2D eigenvalue weighted by molar-refractivity contribution is 5.49. The highest BCUT2D eigenvalue weighted by Crippen LogP contribution is 2.31. The second-order valence-electron chi connectivity index (χ2n) is 4.93. The molecule has 0 aromatic heterocycles. The molecule has 0 aliphatic heterocycles. The first-order valence-electron chi connectivity index (χ1n) is 6.10. The second-order valence-corrected chi connectivity index (χ2v) is 4.93. The van der Waals surface area contributed by atoms with Gasteiger partial charge in [0.2, 0.25) is 0 Å². The van der Waals surface area contributed by atoms with Gasteiger partial charge in [0, 0.05) is 11.4 Å². The van der Waals surface area contributed by atoms with Gasteiger partial charge in [-0.1, -0.05) is 44.2 Å². The molecule has 0 saturated heterocycles. The molecule has 2 heteroatoms. The first kappa shape index (κ1) is 11.8. The van der Waals surface area contributed by atoms with E-state index in [-0.39, 0.29) is 5.54 Å². The lowest BCUT2D eigenvalue weighted by atomic mass is 9.80. The van der Waals surface area contributed by atoms with E-state index in [0.717, 1.165) is 17.8 Å². The summed E-state index contributed by atoms with van der Waals surface area (Å²) < 4.78 is 0. The minimum Gasteiger partial charge on any atom is -0.399 e. The molecule has 0 radical (unpaired) electrons. The van der Waals surface area contributed by atoms with Gasteiger partial charge in [0.05, 0.1) is 5.54 Å². The fourth-order valence-electron chi connectivity index (χ4n) is 2.12. The predicted molar refractivity (Wildman–Crippen MR) is 73.7 cm³/mol. The van der Waals surface area contributed by atoms with Crippen molar-refractivity contribution in [3.63, 3.8) is 0 Å². The number of anilines is 1. The zero-order chi connectivity index (χ0) is 12.3. The Bertz CT molecular complexity index is 431. The Labute approximate surface area is 103 Å². The minimum absolute atomic E-state index is 0.0236. The number of hydrogen-bond donors (Lipinski definition) is 2. The zero-order valence-corrected chi connectivity index (χ0v) is 10.5. The Morgan fingerprint density at radius 3 is 2.47 bits per heavy atom. The average Bonchev–Trinajstić information content (AvgIpc) is 2.33. The molecule has 17 heavy (non-hydrogen) atoms. The molecule has 0 fully saturated rings. The van der Waals surface area contributed by atoms with Crippen LogP contribution in [0.15, 0.2) is 54.3 Å². The van der Waals surface area contributed by atoms with E-state index in [4.69, 9.17) is 5.73 Å². The molecular formula is C15H20N2. The van der Waals surface area contributed by atoms with Crippen LogP contribution in [0.4, 0.5) is 5.69 Å². The van der Waals surface area contributed by atoms with Gasteiger partial charge in [-0.25, -0.2) is 0 Å². The molecule has 1 aromatic rings. The Kier molecular flexibility index (Phi) is 3.23. The van der Waals surface area contributed by atoms with E-state index in [2.05, 4.69) is 43.4 Å². The maximum atomic E-state index is 5.80. The van der Waals surface area contributed by atoms with Crippen LogP contribution in [-0.4, -0.2) is 5.54 Å². The molecule has 0 bridgehead atoms. The van der Waals surface area contributed by atoms with E-state index in [9.17, 15) is 0 Å². The fourth-order valence-corrected chi connectivity index (χ4v) is 2.12. The monoisotopic (exact) mass is 228 g/mol. The van der Waals surface area contributed by atoms with Gasteiger partial charge in [-0.3, -0.25) is 0 Å². The van der Waals surface area contributed by atoms with Crippen molar-refractivity contribution >= 4 is 5.69 Å². The van der Waals surface area contributed by atoms with Crippen LogP contribution >= 0.6 is 0 Å². The maximum absolute atomic E-state index is 5.80. The number of rotatable bonds is 3. The molecular weight excluding hydrogens is 208 g/mol. The van der Waals surface area contributed by atoms with Crippen LogP contribution in [0.25, 0.3) is 0 Å². The first-order valence-corrected chi connectivity index (χ1v) is 6.10. The number of benzene rings is 1. The summed E-state index contributed by atoms with van der Waals surface area (Å²) >= 11 is 0. The van der Waals surface area contributed by atoms with Crippen LogP contribution in [-0.2, 0) is 0 Å². The lowest BCUT2D eigenvalue weighted by Gasteiger charge is -2.38. The largest absolute Gasteiger partial charge is 0.399 e. The van der Waals surface area contributed by atoms with Crippen molar-refractivity contribution in [2.45, 2.75) is 25.8 Å². The summed E-state index contributed by atoms with van der Waals surface area (Å²) in [5.41, 5.74) is 7.78. The quantitative estimate of drug-likeness (QED) is 0.833. The van der Waals surface area contributed by atoms with Gasteiger partial charge in [-0.2, -0.15) is 0 Å². The molecule has 0 amide bonds. The van der Waals surface area contributed by atoms with Gasteiger partial charge in [0.25, 0.3) is 0 Å². The normalized spacial score (nSPS) is 23.6. The van der Waals surface area contributed by atoms with Crippen molar-refractivity contribution in [1.29, 1.82) is 0 Å². The van der Waals surface area contributed by atoms with Crippen LogP contribution < -0.4 is 11.1 Å². The smallest absolute Gasteiger partial charge is 0.0617 e. The van der Waals surface area contributed by atoms with Gasteiger partial charge in [0.1, 0.15) is 0 Å². The summed E-state index contributed by atoms with van der Waals surface area (Å²) in [6.07, 6.45) is 7.22. The van der Waals surface area contributed by atoms with Crippen molar-refractivity contribution in [3.05, 3.63) is 54.3 Å². The standard InChI is InChI=1S/C15H20N2/c1-12(2)15(10-8-13(16)9-11-15)17-14-6-4-3-5-7-14/h3-10,12,17H,11,16H2,1-2H3. The molecule has 1 aliphatic rings. The summed E-state index contributed by atoms with van der Waals surface area (Å²) in [6.45, 7) is 4.46. The number of nitrogens with two attached hydrogens (primary N) is 1. The molecule has 2 rings (SSSR count). The molecule has 1 aliphatic carbocycles. The lowest BCUT2D eigenvalue weighted by Crippen LogP contribution is -2.42. The molecule has 2 nitrogen and oxygen atoms in total. The Morgan fingerprint density at radius 2 is 1.94 bits per heavy atom. The molecule has 0 spiro atoms. The number of hydrogen-bond acceptors (Lipinski definition) is 2. The summed E-state index contributed by atoms with van der Waals surface area (Å²) in [4.78, 5) is 0. The fraction of sp³-hybridized carbons (Fsp3) is 0.333. The van der Waals surface area contributed by atoms with E-state index in [1.807, 2.05) is 24.3 Å². The van der Waals surface area contributed by atoms with Gasteiger partial charge in [0.15, 0.2) is 0 Å². The van der Waals surface area contributed by atoms with Gasteiger partial charge < -0.3 is 11.1 Å². The van der Waals surface area contributed by atoms with Crippen LogP contribution in [0.2, 0.25) is 0 Å². The topological polar surface area (TPSA) is 38.0 Å². The molecule has 0 saturated carbocycles. The van der Waals surface area contributed by atoms with Crippen LogP contribution in [0.3, 0.4) is 0 Å². The van der Waals surface area contributed by atoms with Crippen LogP contribution in [0.1, 0.15) is 20.3 Å². The van der Waals surface area contributed by atoms with Gasteiger partial charge in [-0.15, -0.1) is 0 Å². The molecule has 1 atom stereocenters. The molecule has 1 aromatic carbocycles. The number of para-hydroxylation sites is 1. The number of allylic oxidation sites excluding steroid dienone is 1. The van der Waals surface area contributed by atoms with Crippen molar-refractivity contribution in [3.8, 4) is 0 Å². The van der Waals surface area contributed by atoms with E-state index in [1.54, 1.807) is 0 Å². The molecule has 0 heterocycles. The summed E-state index contributed by atoms with van der Waals surface area (Å²) in [5, 5.41) is 3.63. The van der Waals surface area contributed by atoms with Crippen molar-refractivity contribution in [2.75, 3.05) is 5.32 Å². The third-order valence-electron chi connectivity index (χ3n) is 3.43. The van der Waals surface area contributed by atoms with Crippen molar-refractivity contribution < 1.29 is 0 Å².